The van der Waals surface area contributed by atoms with E-state index in [9.17, 15) is 9.59 Å². The van der Waals surface area contributed by atoms with Gasteiger partial charge in [-0.1, -0.05) is 11.6 Å². The lowest BCUT2D eigenvalue weighted by atomic mass is 9.96. The van der Waals surface area contributed by atoms with Crippen molar-refractivity contribution in [3.8, 4) is 5.75 Å². The van der Waals surface area contributed by atoms with Crippen LogP contribution in [-0.4, -0.2) is 86.0 Å². The average Bonchev–Trinajstić information content (AvgIpc) is 2.79. The molecule has 1 atom stereocenters. The number of nitrogens with one attached hydrogen (secondary N) is 1. The number of nitrogens with zero attached hydrogens (tertiary/aromatic N) is 2. The third kappa shape index (κ3) is 8.15. The van der Waals surface area contributed by atoms with E-state index in [1.54, 1.807) is 11.0 Å². The Kier molecular flexibility index (Phi) is 9.49. The van der Waals surface area contributed by atoms with Gasteiger partial charge < -0.3 is 30.2 Å². The van der Waals surface area contributed by atoms with E-state index < -0.39 is 5.60 Å². The van der Waals surface area contributed by atoms with Gasteiger partial charge >= 0.3 is 6.09 Å². The number of morpholine rings is 1. The SMILES string of the molecule is CCOc1cc(N)c(Cl)cc1C(=O)NC[C@@H]1CN(CC2CCN(C(=O)OC(C)(C)C)CC2)CCO1. The number of halogens is 1. The summed E-state index contributed by atoms with van der Waals surface area (Å²) < 4.78 is 17.0. The van der Waals surface area contributed by atoms with Gasteiger partial charge in [0, 0.05) is 45.3 Å². The first-order valence-electron chi connectivity index (χ1n) is 12.4. The molecule has 2 aliphatic rings. The second-order valence-electron chi connectivity index (χ2n) is 10.2. The molecule has 0 aromatic heterocycles. The third-order valence-corrected chi connectivity index (χ3v) is 6.47. The van der Waals surface area contributed by atoms with E-state index in [0.717, 1.165) is 45.6 Å². The lowest BCUT2D eigenvalue weighted by Gasteiger charge is -2.38. The molecule has 3 rings (SSSR count). The fourth-order valence-electron chi connectivity index (χ4n) is 4.38. The number of amides is 2. The van der Waals surface area contributed by atoms with E-state index in [1.165, 1.54) is 6.07 Å². The van der Waals surface area contributed by atoms with Crippen molar-refractivity contribution >= 4 is 29.3 Å². The van der Waals surface area contributed by atoms with Crippen LogP contribution in [0.25, 0.3) is 0 Å². The Morgan fingerprint density at radius 2 is 1.94 bits per heavy atom. The summed E-state index contributed by atoms with van der Waals surface area (Å²) in [5.74, 6) is 0.661. The fourth-order valence-corrected chi connectivity index (χ4v) is 4.55. The molecule has 0 aliphatic carbocycles. The van der Waals surface area contributed by atoms with Crippen molar-refractivity contribution in [3.63, 3.8) is 0 Å². The maximum absolute atomic E-state index is 12.8. The van der Waals surface area contributed by atoms with Crippen molar-refractivity contribution in [1.29, 1.82) is 0 Å². The molecule has 2 amide bonds. The highest BCUT2D eigenvalue weighted by Crippen LogP contribution is 2.29. The lowest BCUT2D eigenvalue weighted by Crippen LogP contribution is -2.50. The normalized spacial score (nSPS) is 19.9. The molecule has 1 aromatic carbocycles. The molecule has 196 valence electrons. The van der Waals surface area contributed by atoms with Gasteiger partial charge in [-0.15, -0.1) is 0 Å². The van der Waals surface area contributed by atoms with E-state index in [0.29, 0.717) is 47.7 Å². The van der Waals surface area contributed by atoms with Gasteiger partial charge in [0.1, 0.15) is 11.4 Å². The van der Waals surface area contributed by atoms with E-state index >= 15 is 0 Å². The van der Waals surface area contributed by atoms with Crippen LogP contribution in [0.5, 0.6) is 5.75 Å². The van der Waals surface area contributed by atoms with Gasteiger partial charge in [-0.2, -0.15) is 0 Å². The predicted octanol–water partition coefficient (Wildman–Crippen LogP) is 3.40. The molecule has 0 bridgehead atoms. The quantitative estimate of drug-likeness (QED) is 0.541. The standard InChI is InChI=1S/C25H39ClN4O5/c1-5-33-22-13-21(27)20(26)12-19(22)23(31)28-14-18-16-29(10-11-34-18)15-17-6-8-30(9-7-17)24(32)35-25(2,3)4/h12-13,17-18H,5-11,14-16,27H2,1-4H3,(H,28,31)/t18-/m1/s1. The molecule has 9 nitrogen and oxygen atoms in total. The minimum absolute atomic E-state index is 0.102. The minimum Gasteiger partial charge on any atom is -0.493 e. The van der Waals surface area contributed by atoms with Crippen LogP contribution in [0.1, 0.15) is 50.9 Å². The molecule has 0 unspecified atom stereocenters. The molecule has 0 spiro atoms. The fraction of sp³-hybridized carbons (Fsp3) is 0.680. The largest absolute Gasteiger partial charge is 0.493 e. The number of piperidine rings is 1. The molecule has 10 heteroatoms. The average molecular weight is 511 g/mol. The van der Waals surface area contributed by atoms with Crippen LogP contribution in [0.2, 0.25) is 5.02 Å². The van der Waals surface area contributed by atoms with Crippen molar-refractivity contribution in [2.45, 2.75) is 52.2 Å². The van der Waals surface area contributed by atoms with Gasteiger partial charge in [0.2, 0.25) is 0 Å². The van der Waals surface area contributed by atoms with Gasteiger partial charge in [0.25, 0.3) is 5.91 Å². The molecule has 1 aromatic rings. The number of carbonyl (C=O) groups is 2. The summed E-state index contributed by atoms with van der Waals surface area (Å²) in [4.78, 5) is 29.3. The number of rotatable bonds is 7. The van der Waals surface area contributed by atoms with Gasteiger partial charge in [0.15, 0.2) is 0 Å². The first kappa shape index (κ1) is 27.4. The van der Waals surface area contributed by atoms with Crippen LogP contribution in [0, 0.1) is 5.92 Å². The van der Waals surface area contributed by atoms with Crippen molar-refractivity contribution in [2.75, 3.05) is 58.2 Å². The lowest BCUT2D eigenvalue weighted by molar-refractivity contribution is -0.0342. The first-order chi connectivity index (χ1) is 16.6. The van der Waals surface area contributed by atoms with Crippen molar-refractivity contribution in [3.05, 3.63) is 22.7 Å². The maximum Gasteiger partial charge on any atom is 0.410 e. The summed E-state index contributed by atoms with van der Waals surface area (Å²) in [7, 11) is 0. The Hall–Kier alpha value is -2.23. The molecular formula is C25H39ClN4O5. The highest BCUT2D eigenvalue weighted by molar-refractivity contribution is 6.33. The Morgan fingerprint density at radius 1 is 1.23 bits per heavy atom. The maximum atomic E-state index is 12.8. The Labute approximate surface area is 213 Å². The summed E-state index contributed by atoms with van der Waals surface area (Å²) in [6.07, 6.45) is 1.58. The zero-order chi connectivity index (χ0) is 25.6. The number of likely N-dealkylation sites (tertiary alicyclic amines) is 1. The number of nitrogen functional groups attached to an aromatic ring is 1. The Balaban J connectivity index is 1.45. The van der Waals surface area contributed by atoms with Crippen molar-refractivity contribution in [2.24, 2.45) is 5.92 Å². The monoisotopic (exact) mass is 510 g/mol. The van der Waals surface area contributed by atoms with Gasteiger partial charge in [-0.25, -0.2) is 4.79 Å². The Bertz CT molecular complexity index is 883. The summed E-state index contributed by atoms with van der Waals surface area (Å²) in [6.45, 7) is 12.9. The van der Waals surface area contributed by atoms with Crippen LogP contribution in [0.3, 0.4) is 0 Å². The van der Waals surface area contributed by atoms with Gasteiger partial charge in [-0.05, 0) is 52.5 Å². The van der Waals surface area contributed by atoms with Crippen LogP contribution in [0.4, 0.5) is 10.5 Å². The van der Waals surface area contributed by atoms with Crippen LogP contribution in [-0.2, 0) is 9.47 Å². The zero-order valence-corrected chi connectivity index (χ0v) is 22.0. The van der Waals surface area contributed by atoms with Crippen LogP contribution < -0.4 is 15.8 Å². The van der Waals surface area contributed by atoms with Crippen molar-refractivity contribution < 1.29 is 23.8 Å². The van der Waals surface area contributed by atoms with E-state index in [-0.39, 0.29) is 18.1 Å². The molecule has 2 heterocycles. The van der Waals surface area contributed by atoms with Crippen molar-refractivity contribution in [1.82, 2.24) is 15.1 Å². The number of benzene rings is 1. The summed E-state index contributed by atoms with van der Waals surface area (Å²) in [6, 6.07) is 3.11. The first-order valence-corrected chi connectivity index (χ1v) is 12.8. The second-order valence-corrected chi connectivity index (χ2v) is 10.6. The number of hydrogen-bond acceptors (Lipinski definition) is 7. The minimum atomic E-state index is -0.475. The summed E-state index contributed by atoms with van der Waals surface area (Å²) in [5, 5.41) is 3.26. The van der Waals surface area contributed by atoms with E-state index in [2.05, 4.69) is 10.2 Å². The topological polar surface area (TPSA) is 106 Å². The summed E-state index contributed by atoms with van der Waals surface area (Å²) in [5.41, 5.74) is 6.11. The smallest absolute Gasteiger partial charge is 0.410 e. The Morgan fingerprint density at radius 3 is 2.60 bits per heavy atom. The van der Waals surface area contributed by atoms with Crippen LogP contribution in [0.15, 0.2) is 12.1 Å². The zero-order valence-electron chi connectivity index (χ0n) is 21.3. The number of hydrogen-bond donors (Lipinski definition) is 2. The van der Waals surface area contributed by atoms with Gasteiger partial charge in [-0.3, -0.25) is 9.69 Å². The number of ether oxygens (including phenoxy) is 3. The third-order valence-electron chi connectivity index (χ3n) is 6.14. The number of anilines is 1. The molecule has 2 aliphatic heterocycles. The molecule has 0 saturated carbocycles. The number of nitrogens with two attached hydrogens (primary N) is 1. The molecule has 35 heavy (non-hydrogen) atoms. The molecule has 0 radical (unpaired) electrons. The number of carbonyl (C=O) groups excluding carboxylic acids is 2. The summed E-state index contributed by atoms with van der Waals surface area (Å²) >= 11 is 6.12. The molecular weight excluding hydrogens is 472 g/mol. The second kappa shape index (κ2) is 12.1. The highest BCUT2D eigenvalue weighted by atomic mass is 35.5. The molecule has 2 fully saturated rings. The molecule has 3 N–H and O–H groups in total. The molecule has 2 saturated heterocycles. The van der Waals surface area contributed by atoms with E-state index in [4.69, 9.17) is 31.5 Å². The van der Waals surface area contributed by atoms with E-state index in [1.807, 2.05) is 27.7 Å². The highest BCUT2D eigenvalue weighted by Gasteiger charge is 2.29. The predicted molar refractivity (Wildman–Crippen MR) is 136 cm³/mol. The van der Waals surface area contributed by atoms with Crippen LogP contribution >= 0.6 is 11.6 Å². The van der Waals surface area contributed by atoms with Gasteiger partial charge in [0.05, 0.1) is 35.6 Å².